The van der Waals surface area contributed by atoms with Crippen molar-refractivity contribution in [1.82, 2.24) is 20.0 Å². The van der Waals surface area contributed by atoms with Crippen LogP contribution in [0, 0.1) is 5.92 Å². The maximum Gasteiger partial charge on any atom is 0.225 e. The second-order valence-corrected chi connectivity index (χ2v) is 8.45. The number of ether oxygens (including phenoxy) is 1. The topological polar surface area (TPSA) is 60.4 Å². The normalized spacial score (nSPS) is 19.8. The van der Waals surface area contributed by atoms with Crippen LogP contribution in [0.15, 0.2) is 4.99 Å². The van der Waals surface area contributed by atoms with Gasteiger partial charge in [-0.1, -0.05) is 0 Å². The Balaban J connectivity index is 1.72. The molecule has 7 heteroatoms. The number of aliphatic imine (C=N–C) groups is 1. The maximum atomic E-state index is 12.7. The predicted octanol–water partition coefficient (Wildman–Crippen LogP) is 1.64. The molecular formula is C21H41N5O2. The van der Waals surface area contributed by atoms with E-state index < -0.39 is 0 Å². The van der Waals surface area contributed by atoms with Gasteiger partial charge in [0.2, 0.25) is 5.91 Å². The third kappa shape index (κ3) is 6.62. The van der Waals surface area contributed by atoms with E-state index in [2.05, 4.69) is 47.8 Å². The quantitative estimate of drug-likeness (QED) is 0.403. The van der Waals surface area contributed by atoms with Gasteiger partial charge in [0.05, 0.1) is 13.2 Å². The van der Waals surface area contributed by atoms with Gasteiger partial charge in [-0.05, 0) is 47.0 Å². The van der Waals surface area contributed by atoms with Crippen LogP contribution in [0.1, 0.15) is 47.0 Å². The SMILES string of the molecule is CN=C(NCCCN(C(C)C)C(C)C)N1CCC(C(=O)N2CCOCC2)CC1. The average molecular weight is 396 g/mol. The first-order chi connectivity index (χ1) is 13.4. The number of rotatable bonds is 7. The highest BCUT2D eigenvalue weighted by Gasteiger charge is 2.30. The summed E-state index contributed by atoms with van der Waals surface area (Å²) in [5.74, 6) is 1.43. The third-order valence-corrected chi connectivity index (χ3v) is 5.88. The zero-order valence-electron chi connectivity index (χ0n) is 18.6. The molecule has 0 radical (unpaired) electrons. The van der Waals surface area contributed by atoms with E-state index in [9.17, 15) is 4.79 Å². The number of guanidine groups is 1. The van der Waals surface area contributed by atoms with Crippen molar-refractivity contribution in [2.45, 2.75) is 59.0 Å². The van der Waals surface area contributed by atoms with Crippen LogP contribution in [0.3, 0.4) is 0 Å². The predicted molar refractivity (Wildman–Crippen MR) is 115 cm³/mol. The van der Waals surface area contributed by atoms with Gasteiger partial charge in [-0.3, -0.25) is 14.7 Å². The summed E-state index contributed by atoms with van der Waals surface area (Å²) in [6.45, 7) is 15.7. The van der Waals surface area contributed by atoms with Crippen molar-refractivity contribution in [3.63, 3.8) is 0 Å². The van der Waals surface area contributed by atoms with E-state index in [1.807, 2.05) is 11.9 Å². The van der Waals surface area contributed by atoms with Gasteiger partial charge in [0, 0.05) is 64.3 Å². The molecule has 0 atom stereocenters. The van der Waals surface area contributed by atoms with E-state index in [1.54, 1.807) is 0 Å². The highest BCUT2D eigenvalue weighted by molar-refractivity contribution is 5.81. The summed E-state index contributed by atoms with van der Waals surface area (Å²) in [5, 5.41) is 3.52. The highest BCUT2D eigenvalue weighted by atomic mass is 16.5. The lowest BCUT2D eigenvalue weighted by atomic mass is 9.95. The van der Waals surface area contributed by atoms with Crippen LogP contribution in [-0.2, 0) is 9.53 Å². The number of nitrogens with one attached hydrogen (secondary N) is 1. The van der Waals surface area contributed by atoms with Crippen LogP contribution < -0.4 is 5.32 Å². The van der Waals surface area contributed by atoms with Crippen molar-refractivity contribution < 1.29 is 9.53 Å². The number of carbonyl (C=O) groups excluding carboxylic acids is 1. The lowest BCUT2D eigenvalue weighted by Gasteiger charge is -2.37. The van der Waals surface area contributed by atoms with Crippen molar-refractivity contribution >= 4 is 11.9 Å². The molecule has 162 valence electrons. The third-order valence-electron chi connectivity index (χ3n) is 5.88. The van der Waals surface area contributed by atoms with Crippen LogP contribution in [0.2, 0.25) is 0 Å². The fraction of sp³-hybridized carbons (Fsp3) is 0.905. The second kappa shape index (κ2) is 11.6. The van der Waals surface area contributed by atoms with Gasteiger partial charge in [-0.15, -0.1) is 0 Å². The molecule has 2 aliphatic heterocycles. The molecule has 0 unspecified atom stereocenters. The summed E-state index contributed by atoms with van der Waals surface area (Å²) in [6, 6.07) is 1.14. The minimum absolute atomic E-state index is 0.151. The van der Waals surface area contributed by atoms with E-state index in [0.29, 0.717) is 31.2 Å². The van der Waals surface area contributed by atoms with Gasteiger partial charge in [-0.25, -0.2) is 0 Å². The van der Waals surface area contributed by atoms with E-state index in [0.717, 1.165) is 64.5 Å². The van der Waals surface area contributed by atoms with Crippen LogP contribution in [0.4, 0.5) is 0 Å². The number of hydrogen-bond donors (Lipinski definition) is 1. The van der Waals surface area contributed by atoms with Crippen LogP contribution in [0.25, 0.3) is 0 Å². The summed E-state index contributed by atoms with van der Waals surface area (Å²) >= 11 is 0. The molecule has 0 aromatic rings. The Bertz CT molecular complexity index is 487. The molecule has 0 aromatic heterocycles. The summed E-state index contributed by atoms with van der Waals surface area (Å²) in [5.41, 5.74) is 0. The first-order valence-electron chi connectivity index (χ1n) is 11.0. The molecule has 2 fully saturated rings. The summed E-state index contributed by atoms with van der Waals surface area (Å²) in [7, 11) is 1.85. The zero-order valence-corrected chi connectivity index (χ0v) is 18.6. The average Bonchev–Trinajstić information content (AvgIpc) is 2.70. The molecule has 28 heavy (non-hydrogen) atoms. The van der Waals surface area contributed by atoms with Gasteiger partial charge >= 0.3 is 0 Å². The molecule has 2 aliphatic rings. The summed E-state index contributed by atoms with van der Waals surface area (Å²) < 4.78 is 5.36. The number of morpholine rings is 1. The van der Waals surface area contributed by atoms with Crippen LogP contribution >= 0.6 is 0 Å². The summed E-state index contributed by atoms with van der Waals surface area (Å²) in [4.78, 5) is 23.9. The zero-order chi connectivity index (χ0) is 20.5. The lowest BCUT2D eigenvalue weighted by molar-refractivity contribution is -0.140. The first kappa shape index (κ1) is 22.9. The van der Waals surface area contributed by atoms with Gasteiger partial charge < -0.3 is 19.9 Å². The molecule has 0 spiro atoms. The van der Waals surface area contributed by atoms with Gasteiger partial charge in [0.25, 0.3) is 0 Å². The van der Waals surface area contributed by atoms with Gasteiger partial charge in [0.15, 0.2) is 5.96 Å². The second-order valence-electron chi connectivity index (χ2n) is 8.45. The smallest absolute Gasteiger partial charge is 0.225 e. The molecule has 2 heterocycles. The fourth-order valence-electron chi connectivity index (χ4n) is 4.29. The Morgan fingerprint density at radius 1 is 1.07 bits per heavy atom. The minimum Gasteiger partial charge on any atom is -0.378 e. The number of hydrogen-bond acceptors (Lipinski definition) is 4. The van der Waals surface area contributed by atoms with E-state index in [-0.39, 0.29) is 5.92 Å². The number of carbonyl (C=O) groups is 1. The molecule has 0 aromatic carbocycles. The Hall–Kier alpha value is -1.34. The number of likely N-dealkylation sites (tertiary alicyclic amines) is 1. The van der Waals surface area contributed by atoms with E-state index in [4.69, 9.17) is 4.74 Å². The number of piperidine rings is 1. The molecule has 0 aliphatic carbocycles. The molecule has 2 rings (SSSR count). The molecule has 0 bridgehead atoms. The Morgan fingerprint density at radius 3 is 2.21 bits per heavy atom. The minimum atomic E-state index is 0.151. The maximum absolute atomic E-state index is 12.7. The molecule has 1 N–H and O–H groups in total. The highest BCUT2D eigenvalue weighted by Crippen LogP contribution is 2.20. The number of nitrogens with zero attached hydrogens (tertiary/aromatic N) is 4. The lowest BCUT2D eigenvalue weighted by Crippen LogP contribution is -2.50. The Labute approximate surface area is 171 Å². The van der Waals surface area contributed by atoms with E-state index in [1.165, 1.54) is 0 Å². The van der Waals surface area contributed by atoms with Gasteiger partial charge in [0.1, 0.15) is 0 Å². The molecule has 2 saturated heterocycles. The van der Waals surface area contributed by atoms with Crippen LogP contribution in [0.5, 0.6) is 0 Å². The Kier molecular flexibility index (Phi) is 9.51. The standard InChI is InChI=1S/C21H41N5O2/c1-17(2)26(18(3)4)10-6-9-23-21(22-5)25-11-7-19(8-12-25)20(27)24-13-15-28-16-14-24/h17-19H,6-16H2,1-5H3,(H,22,23). The van der Waals surface area contributed by atoms with Gasteiger partial charge in [-0.2, -0.15) is 0 Å². The molecular weight excluding hydrogens is 354 g/mol. The van der Waals surface area contributed by atoms with Crippen molar-refractivity contribution in [3.8, 4) is 0 Å². The van der Waals surface area contributed by atoms with Crippen LogP contribution in [-0.4, -0.2) is 98.2 Å². The largest absolute Gasteiger partial charge is 0.378 e. The molecule has 1 amide bonds. The number of amides is 1. The fourth-order valence-corrected chi connectivity index (χ4v) is 4.29. The molecule has 7 nitrogen and oxygen atoms in total. The van der Waals surface area contributed by atoms with Crippen molar-refractivity contribution in [1.29, 1.82) is 0 Å². The monoisotopic (exact) mass is 395 g/mol. The van der Waals surface area contributed by atoms with Crippen molar-refractivity contribution in [2.24, 2.45) is 10.9 Å². The Morgan fingerprint density at radius 2 is 1.68 bits per heavy atom. The summed E-state index contributed by atoms with van der Waals surface area (Å²) in [6.07, 6.45) is 2.91. The van der Waals surface area contributed by atoms with E-state index >= 15 is 0 Å². The van der Waals surface area contributed by atoms with Crippen molar-refractivity contribution in [3.05, 3.63) is 0 Å². The van der Waals surface area contributed by atoms with Crippen molar-refractivity contribution in [2.75, 3.05) is 59.5 Å². The molecule has 0 saturated carbocycles. The first-order valence-corrected chi connectivity index (χ1v) is 11.0.